The van der Waals surface area contributed by atoms with Crippen LogP contribution in [0.2, 0.25) is 5.02 Å². The Morgan fingerprint density at radius 1 is 1.15 bits per heavy atom. The molecule has 0 aliphatic carbocycles. The van der Waals surface area contributed by atoms with Crippen molar-refractivity contribution < 1.29 is 22.5 Å². The van der Waals surface area contributed by atoms with Gasteiger partial charge in [0.2, 0.25) is 0 Å². The second-order valence-corrected chi connectivity index (χ2v) is 5.96. The van der Waals surface area contributed by atoms with Gasteiger partial charge in [-0.1, -0.05) is 16.8 Å². The summed E-state index contributed by atoms with van der Waals surface area (Å²) in [7, 11) is 0. The lowest BCUT2D eigenvalue weighted by atomic mass is 10.1. The second-order valence-electron chi connectivity index (χ2n) is 5.52. The summed E-state index contributed by atoms with van der Waals surface area (Å²) in [6.07, 6.45) is -3.30. The summed E-state index contributed by atoms with van der Waals surface area (Å²) < 4.78 is 44.4. The van der Waals surface area contributed by atoms with Gasteiger partial charge >= 0.3 is 6.18 Å². The van der Waals surface area contributed by atoms with E-state index in [4.69, 9.17) is 16.1 Å². The predicted molar refractivity (Wildman–Crippen MR) is 93.2 cm³/mol. The van der Waals surface area contributed by atoms with Crippen LogP contribution in [0.4, 0.5) is 30.5 Å². The number of alkyl halides is 3. The van der Waals surface area contributed by atoms with E-state index in [0.29, 0.717) is 5.76 Å². The van der Waals surface area contributed by atoms with Crippen molar-refractivity contribution in [2.45, 2.75) is 13.1 Å². The minimum absolute atomic E-state index is 0.0446. The molecule has 1 aromatic carbocycles. The van der Waals surface area contributed by atoms with Crippen molar-refractivity contribution in [3.63, 3.8) is 0 Å². The van der Waals surface area contributed by atoms with Crippen LogP contribution in [0.15, 0.2) is 47.1 Å². The molecular weight excluding hydrogens is 385 g/mol. The number of amides is 1. The highest BCUT2D eigenvalue weighted by molar-refractivity contribution is 6.30. The van der Waals surface area contributed by atoms with E-state index >= 15 is 0 Å². The molecule has 0 unspecified atom stereocenters. The summed E-state index contributed by atoms with van der Waals surface area (Å²) in [6.45, 7) is 1.67. The monoisotopic (exact) mass is 396 g/mol. The van der Waals surface area contributed by atoms with Gasteiger partial charge in [-0.05, 0) is 37.3 Å². The Hall–Kier alpha value is -3.07. The number of hydrogen-bond acceptors (Lipinski definition) is 5. The van der Waals surface area contributed by atoms with Gasteiger partial charge in [0.25, 0.3) is 5.91 Å². The van der Waals surface area contributed by atoms with E-state index < -0.39 is 17.6 Å². The van der Waals surface area contributed by atoms with Crippen LogP contribution in [0.3, 0.4) is 0 Å². The van der Waals surface area contributed by atoms with E-state index in [0.717, 1.165) is 6.07 Å². The minimum Gasteiger partial charge on any atom is -0.360 e. The number of carbonyl (C=O) groups excluding carboxylic acids is 1. The number of carbonyl (C=O) groups is 1. The molecule has 2 N–H and O–H groups in total. The molecule has 1 amide bonds. The zero-order chi connectivity index (χ0) is 19.6. The first-order chi connectivity index (χ1) is 12.7. The highest BCUT2D eigenvalue weighted by Crippen LogP contribution is 2.37. The van der Waals surface area contributed by atoms with Gasteiger partial charge < -0.3 is 15.2 Å². The molecule has 0 bridgehead atoms. The van der Waals surface area contributed by atoms with E-state index in [1.54, 1.807) is 6.92 Å². The lowest BCUT2D eigenvalue weighted by Gasteiger charge is -2.14. The van der Waals surface area contributed by atoms with Crippen molar-refractivity contribution >= 4 is 34.8 Å². The molecule has 0 spiro atoms. The molecule has 3 aromatic rings. The second kappa shape index (κ2) is 7.28. The molecule has 0 saturated heterocycles. The van der Waals surface area contributed by atoms with Gasteiger partial charge in [0, 0.05) is 22.8 Å². The Labute approximate surface area is 156 Å². The molecule has 0 atom stereocenters. The zero-order valence-electron chi connectivity index (χ0n) is 13.8. The smallest absolute Gasteiger partial charge is 0.360 e. The largest absolute Gasteiger partial charge is 0.418 e. The van der Waals surface area contributed by atoms with E-state index in [-0.39, 0.29) is 27.9 Å². The normalized spacial score (nSPS) is 11.3. The summed E-state index contributed by atoms with van der Waals surface area (Å²) in [6, 6.07) is 7.59. The molecule has 0 radical (unpaired) electrons. The molecule has 6 nitrogen and oxygen atoms in total. The van der Waals surface area contributed by atoms with Crippen molar-refractivity contribution in [3.05, 3.63) is 64.5 Å². The molecule has 27 heavy (non-hydrogen) atoms. The number of anilines is 3. The van der Waals surface area contributed by atoms with Crippen molar-refractivity contribution in [1.29, 1.82) is 0 Å². The molecule has 2 heterocycles. The summed E-state index contributed by atoms with van der Waals surface area (Å²) in [5, 5.41) is 8.68. The van der Waals surface area contributed by atoms with Gasteiger partial charge in [-0.2, -0.15) is 13.2 Å². The fourth-order valence-electron chi connectivity index (χ4n) is 2.25. The van der Waals surface area contributed by atoms with Crippen LogP contribution in [-0.2, 0) is 6.18 Å². The van der Waals surface area contributed by atoms with Crippen LogP contribution in [0.1, 0.15) is 21.7 Å². The lowest BCUT2D eigenvalue weighted by molar-refractivity contribution is -0.136. The SMILES string of the molecule is Cc1cc(NC(=O)c2ccnc(Nc3ccc(Cl)cc3C(F)(F)F)c2)no1. The van der Waals surface area contributed by atoms with E-state index in [2.05, 4.69) is 20.8 Å². The minimum atomic E-state index is -4.60. The highest BCUT2D eigenvalue weighted by atomic mass is 35.5. The van der Waals surface area contributed by atoms with Gasteiger partial charge in [-0.3, -0.25) is 4.79 Å². The Bertz CT molecular complexity index is 988. The average molecular weight is 397 g/mol. The van der Waals surface area contributed by atoms with Crippen molar-refractivity contribution in [3.8, 4) is 0 Å². The third-order valence-electron chi connectivity index (χ3n) is 3.44. The number of nitrogens with zero attached hydrogens (tertiary/aromatic N) is 2. The number of aromatic nitrogens is 2. The zero-order valence-corrected chi connectivity index (χ0v) is 14.5. The van der Waals surface area contributed by atoms with Crippen LogP contribution < -0.4 is 10.6 Å². The van der Waals surface area contributed by atoms with E-state index in [1.165, 1.54) is 36.5 Å². The maximum atomic E-state index is 13.2. The van der Waals surface area contributed by atoms with Gasteiger partial charge in [0.15, 0.2) is 5.82 Å². The van der Waals surface area contributed by atoms with Gasteiger partial charge in [-0.25, -0.2) is 4.98 Å². The number of hydrogen-bond donors (Lipinski definition) is 2. The summed E-state index contributed by atoms with van der Waals surface area (Å²) in [5.74, 6) is 0.290. The highest BCUT2D eigenvalue weighted by Gasteiger charge is 2.34. The van der Waals surface area contributed by atoms with Gasteiger partial charge in [0.1, 0.15) is 11.6 Å². The number of pyridine rings is 1. The van der Waals surface area contributed by atoms with Crippen LogP contribution in [-0.4, -0.2) is 16.0 Å². The standard InChI is InChI=1S/C17H12ClF3N4O2/c1-9-6-15(25-27-9)24-16(26)10-4-5-22-14(7-10)23-13-3-2-11(18)8-12(13)17(19,20)21/h2-8H,1H3,(H,22,23)(H,24,25,26). The first-order valence-corrected chi connectivity index (χ1v) is 7.94. The third kappa shape index (κ3) is 4.56. The van der Waals surface area contributed by atoms with Crippen molar-refractivity contribution in [1.82, 2.24) is 10.1 Å². The molecule has 0 aliphatic rings. The molecule has 3 rings (SSSR count). The first kappa shape index (κ1) is 18.7. The fourth-order valence-corrected chi connectivity index (χ4v) is 2.42. The molecule has 0 fully saturated rings. The Balaban J connectivity index is 1.83. The predicted octanol–water partition coefficient (Wildman–Crippen LogP) is 5.05. The molecule has 10 heteroatoms. The van der Waals surface area contributed by atoms with Crippen LogP contribution in [0.25, 0.3) is 0 Å². The molecule has 2 aromatic heterocycles. The van der Waals surface area contributed by atoms with Crippen LogP contribution in [0, 0.1) is 6.92 Å². The summed E-state index contributed by atoms with van der Waals surface area (Å²) >= 11 is 5.66. The topological polar surface area (TPSA) is 80.0 Å². The van der Waals surface area contributed by atoms with E-state index in [1.807, 2.05) is 0 Å². The van der Waals surface area contributed by atoms with Gasteiger partial charge in [0.05, 0.1) is 11.3 Å². The van der Waals surface area contributed by atoms with E-state index in [9.17, 15) is 18.0 Å². The van der Waals surface area contributed by atoms with Crippen LogP contribution in [0.5, 0.6) is 0 Å². The number of rotatable bonds is 4. The maximum Gasteiger partial charge on any atom is 0.418 e. The van der Waals surface area contributed by atoms with Crippen molar-refractivity contribution in [2.75, 3.05) is 10.6 Å². The Kier molecular flexibility index (Phi) is 5.04. The maximum absolute atomic E-state index is 13.2. The summed E-state index contributed by atoms with van der Waals surface area (Å²) in [5.41, 5.74) is -0.996. The molecule has 0 saturated carbocycles. The quantitative estimate of drug-likeness (QED) is 0.645. The summed E-state index contributed by atoms with van der Waals surface area (Å²) in [4.78, 5) is 16.2. The molecular formula is C17H12ClF3N4O2. The van der Waals surface area contributed by atoms with Crippen LogP contribution >= 0.6 is 11.6 Å². The first-order valence-electron chi connectivity index (χ1n) is 7.57. The Morgan fingerprint density at radius 3 is 2.59 bits per heavy atom. The number of halogens is 4. The number of aryl methyl sites for hydroxylation is 1. The fraction of sp³-hybridized carbons (Fsp3) is 0.118. The molecule has 140 valence electrons. The van der Waals surface area contributed by atoms with Crippen molar-refractivity contribution in [2.24, 2.45) is 0 Å². The number of nitrogens with one attached hydrogen (secondary N) is 2. The lowest BCUT2D eigenvalue weighted by Crippen LogP contribution is -2.13. The molecule has 0 aliphatic heterocycles. The van der Waals surface area contributed by atoms with Gasteiger partial charge in [-0.15, -0.1) is 0 Å². The third-order valence-corrected chi connectivity index (χ3v) is 3.68. The Morgan fingerprint density at radius 2 is 1.93 bits per heavy atom. The number of benzene rings is 1. The average Bonchev–Trinajstić information content (AvgIpc) is 3.00.